The maximum Gasteiger partial charge on any atom is 0.417 e. The lowest BCUT2D eigenvalue weighted by molar-refractivity contribution is -0.137. The number of alkyl halides is 3. The van der Waals surface area contributed by atoms with Crippen LogP contribution in [0.1, 0.15) is 55.5 Å². The van der Waals surface area contributed by atoms with Crippen LogP contribution in [-0.2, 0) is 6.18 Å². The molecule has 3 aromatic rings. The van der Waals surface area contributed by atoms with E-state index in [9.17, 15) is 22.4 Å². The maximum atomic E-state index is 13.9. The average molecular weight is 534 g/mol. The Labute approximate surface area is 218 Å². The van der Waals surface area contributed by atoms with Gasteiger partial charge >= 0.3 is 12.2 Å². The fourth-order valence-corrected chi connectivity index (χ4v) is 4.79. The zero-order chi connectivity index (χ0) is 27.3. The van der Waals surface area contributed by atoms with Gasteiger partial charge in [0.2, 0.25) is 5.89 Å². The lowest BCUT2D eigenvalue weighted by Gasteiger charge is -2.31. The Morgan fingerprint density at radius 3 is 2.42 bits per heavy atom. The minimum Gasteiger partial charge on any atom is -0.403 e. The molecule has 1 fully saturated rings. The number of halogens is 4. The monoisotopic (exact) mass is 533 g/mol. The van der Waals surface area contributed by atoms with Crippen molar-refractivity contribution in [2.75, 3.05) is 30.3 Å². The van der Waals surface area contributed by atoms with Crippen molar-refractivity contribution in [2.45, 2.75) is 51.7 Å². The zero-order valence-electron chi connectivity index (χ0n) is 21.3. The first-order valence-corrected chi connectivity index (χ1v) is 12.8. The number of aromatic nitrogens is 2. The fraction of sp³-hybridized carbons (Fsp3) is 0.444. The number of carbonyl (C=O) groups excluding carboxylic acids is 1. The van der Waals surface area contributed by atoms with Crippen LogP contribution in [0.5, 0.6) is 0 Å². The molecule has 0 bridgehead atoms. The second-order valence-electron chi connectivity index (χ2n) is 9.45. The minimum absolute atomic E-state index is 0.0669. The minimum atomic E-state index is -4.76. The van der Waals surface area contributed by atoms with Crippen LogP contribution in [-0.4, -0.2) is 46.7 Å². The van der Waals surface area contributed by atoms with Gasteiger partial charge in [0, 0.05) is 18.3 Å². The lowest BCUT2D eigenvalue weighted by atomic mass is 9.85. The summed E-state index contributed by atoms with van der Waals surface area (Å²) < 4.78 is 61.2. The highest BCUT2D eigenvalue weighted by Crippen LogP contribution is 2.39. The normalized spacial score (nSPS) is 18.0. The SMILES string of the molecule is CCN(CC)CC1CCC(Nc2nnc(-c3ccc(NC(=O)c4ccccc4F)cc3C(F)(F)F)o2)CC1. The third-order valence-corrected chi connectivity index (χ3v) is 6.94. The largest absolute Gasteiger partial charge is 0.417 e. The van der Waals surface area contributed by atoms with E-state index in [-0.39, 0.29) is 34.8 Å². The Hall–Kier alpha value is -3.47. The van der Waals surface area contributed by atoms with E-state index in [1.807, 2.05) is 0 Å². The molecule has 0 unspecified atom stereocenters. The summed E-state index contributed by atoms with van der Waals surface area (Å²) in [5, 5.41) is 13.2. The van der Waals surface area contributed by atoms with Gasteiger partial charge in [-0.25, -0.2) is 4.39 Å². The van der Waals surface area contributed by atoms with Gasteiger partial charge in [0.05, 0.1) is 16.7 Å². The number of carbonyl (C=O) groups is 1. The first-order chi connectivity index (χ1) is 18.2. The van der Waals surface area contributed by atoms with Gasteiger partial charge in [-0.15, -0.1) is 5.10 Å². The van der Waals surface area contributed by atoms with Crippen molar-refractivity contribution < 1.29 is 26.8 Å². The molecule has 0 atom stereocenters. The van der Waals surface area contributed by atoms with Crippen LogP contribution in [0, 0.1) is 11.7 Å². The highest BCUT2D eigenvalue weighted by atomic mass is 19.4. The van der Waals surface area contributed by atoms with Crippen molar-refractivity contribution >= 4 is 17.6 Å². The summed E-state index contributed by atoms with van der Waals surface area (Å²) in [4.78, 5) is 14.8. The number of hydrogen-bond donors (Lipinski definition) is 2. The van der Waals surface area contributed by atoms with Gasteiger partial charge in [-0.2, -0.15) is 13.2 Å². The van der Waals surface area contributed by atoms with Gasteiger partial charge in [-0.1, -0.05) is 31.1 Å². The van der Waals surface area contributed by atoms with E-state index in [2.05, 4.69) is 39.6 Å². The summed E-state index contributed by atoms with van der Waals surface area (Å²) in [6, 6.07) is 8.57. The number of benzene rings is 2. The van der Waals surface area contributed by atoms with Gasteiger partial charge in [-0.05, 0) is 75.0 Å². The Morgan fingerprint density at radius 2 is 1.76 bits per heavy atom. The number of nitrogens with zero attached hydrogens (tertiary/aromatic N) is 3. The third-order valence-electron chi connectivity index (χ3n) is 6.94. The molecule has 38 heavy (non-hydrogen) atoms. The smallest absolute Gasteiger partial charge is 0.403 e. The van der Waals surface area contributed by atoms with E-state index in [0.717, 1.165) is 63.5 Å². The second-order valence-corrected chi connectivity index (χ2v) is 9.45. The fourth-order valence-electron chi connectivity index (χ4n) is 4.79. The standard InChI is InChI=1S/C27H31F4N5O2/c1-3-36(4-2)16-17-9-11-18(12-10-17)33-26-35-34-25(38-26)20-14-13-19(15-22(20)27(29,30)31)32-24(37)21-7-5-6-8-23(21)28/h5-8,13-15,17-18H,3-4,9-12,16H2,1-2H3,(H,32,37)(H,33,35). The average Bonchev–Trinajstić information content (AvgIpc) is 3.36. The summed E-state index contributed by atoms with van der Waals surface area (Å²) in [6.45, 7) is 7.44. The summed E-state index contributed by atoms with van der Waals surface area (Å²) in [6.07, 6.45) is -0.845. The molecular weight excluding hydrogens is 502 g/mol. The van der Waals surface area contributed by atoms with E-state index in [1.54, 1.807) is 0 Å². The van der Waals surface area contributed by atoms with Crippen molar-refractivity contribution in [3.05, 3.63) is 59.4 Å². The number of amides is 1. The van der Waals surface area contributed by atoms with Crippen molar-refractivity contribution in [3.63, 3.8) is 0 Å². The van der Waals surface area contributed by atoms with E-state index in [1.165, 1.54) is 24.3 Å². The molecule has 204 valence electrons. The Balaban J connectivity index is 1.44. The molecule has 1 saturated carbocycles. The molecule has 1 aromatic heterocycles. The molecule has 0 spiro atoms. The van der Waals surface area contributed by atoms with Crippen molar-refractivity contribution in [1.29, 1.82) is 0 Å². The van der Waals surface area contributed by atoms with Crippen LogP contribution < -0.4 is 10.6 Å². The van der Waals surface area contributed by atoms with Crippen molar-refractivity contribution in [1.82, 2.24) is 15.1 Å². The predicted molar refractivity (Wildman–Crippen MR) is 136 cm³/mol. The summed E-state index contributed by atoms with van der Waals surface area (Å²) >= 11 is 0. The molecule has 1 aliphatic carbocycles. The van der Waals surface area contributed by atoms with Crippen LogP contribution in [0.2, 0.25) is 0 Å². The molecule has 4 rings (SSSR count). The third kappa shape index (κ3) is 6.69. The number of nitrogens with one attached hydrogen (secondary N) is 2. The molecule has 2 N–H and O–H groups in total. The van der Waals surface area contributed by atoms with Crippen LogP contribution in [0.3, 0.4) is 0 Å². The van der Waals surface area contributed by atoms with Gasteiger partial charge in [0.25, 0.3) is 5.91 Å². The van der Waals surface area contributed by atoms with Crippen LogP contribution in [0.25, 0.3) is 11.5 Å². The molecule has 7 nitrogen and oxygen atoms in total. The highest BCUT2D eigenvalue weighted by molar-refractivity contribution is 6.04. The Bertz CT molecular complexity index is 1230. The summed E-state index contributed by atoms with van der Waals surface area (Å²) in [5.74, 6) is -1.30. The molecule has 11 heteroatoms. The summed E-state index contributed by atoms with van der Waals surface area (Å²) in [7, 11) is 0. The van der Waals surface area contributed by atoms with Gasteiger partial charge < -0.3 is 20.0 Å². The van der Waals surface area contributed by atoms with E-state index >= 15 is 0 Å². The molecule has 0 saturated heterocycles. The molecule has 2 aromatic carbocycles. The lowest BCUT2D eigenvalue weighted by Crippen LogP contribution is -2.34. The molecule has 1 amide bonds. The zero-order valence-corrected chi connectivity index (χ0v) is 21.3. The second kappa shape index (κ2) is 11.9. The van der Waals surface area contributed by atoms with Gasteiger partial charge in [-0.3, -0.25) is 4.79 Å². The van der Waals surface area contributed by atoms with Crippen LogP contribution >= 0.6 is 0 Å². The van der Waals surface area contributed by atoms with E-state index in [0.29, 0.717) is 5.92 Å². The van der Waals surface area contributed by atoms with E-state index < -0.39 is 23.5 Å². The molecule has 1 aliphatic rings. The van der Waals surface area contributed by atoms with Crippen LogP contribution in [0.15, 0.2) is 46.9 Å². The Morgan fingerprint density at radius 1 is 1.05 bits per heavy atom. The molecule has 0 aliphatic heterocycles. The molecular formula is C27H31F4N5O2. The molecule has 1 heterocycles. The van der Waals surface area contributed by atoms with E-state index in [4.69, 9.17) is 4.42 Å². The van der Waals surface area contributed by atoms with Gasteiger partial charge in [0.1, 0.15) is 5.82 Å². The number of rotatable bonds is 9. The molecule has 0 radical (unpaired) electrons. The first kappa shape index (κ1) is 27.6. The first-order valence-electron chi connectivity index (χ1n) is 12.8. The quantitative estimate of drug-likeness (QED) is 0.307. The topological polar surface area (TPSA) is 83.3 Å². The Kier molecular flexibility index (Phi) is 8.65. The predicted octanol–water partition coefficient (Wildman–Crippen LogP) is 6.46. The highest BCUT2D eigenvalue weighted by Gasteiger charge is 2.36. The number of anilines is 2. The summed E-state index contributed by atoms with van der Waals surface area (Å²) in [5.41, 5.74) is -1.80. The maximum absolute atomic E-state index is 13.9. The van der Waals surface area contributed by atoms with Crippen molar-refractivity contribution in [3.8, 4) is 11.5 Å². The van der Waals surface area contributed by atoms with Crippen LogP contribution in [0.4, 0.5) is 29.3 Å². The van der Waals surface area contributed by atoms with Gasteiger partial charge in [0.15, 0.2) is 0 Å². The van der Waals surface area contributed by atoms with Crippen molar-refractivity contribution in [2.24, 2.45) is 5.92 Å². The number of hydrogen-bond acceptors (Lipinski definition) is 6.